The summed E-state index contributed by atoms with van der Waals surface area (Å²) in [6.45, 7) is 8.03. The monoisotopic (exact) mass is 358 g/mol. The molecule has 0 radical (unpaired) electrons. The minimum absolute atomic E-state index is 0.209. The Balaban J connectivity index is 1.65. The summed E-state index contributed by atoms with van der Waals surface area (Å²) in [4.78, 5) is 7.01. The van der Waals surface area contributed by atoms with E-state index in [1.54, 1.807) is 11.3 Å². The maximum atomic E-state index is 13.0. The molecule has 0 saturated carbocycles. The van der Waals surface area contributed by atoms with Crippen LogP contribution < -0.4 is 4.74 Å². The first kappa shape index (κ1) is 17.8. The molecule has 5 heteroatoms. The van der Waals surface area contributed by atoms with Crippen LogP contribution in [0.4, 0.5) is 4.39 Å². The lowest BCUT2D eigenvalue weighted by atomic mass is 10.1. The Bertz CT molecular complexity index is 812. The fraction of sp³-hybridized carbons (Fsp3) is 0.350. The van der Waals surface area contributed by atoms with E-state index in [4.69, 9.17) is 4.74 Å². The Morgan fingerprint density at radius 2 is 1.84 bits per heavy atom. The standard InChI is InChI=1S/C20H23FN2OS/c1-3-23(4-2)11-12-24-17-9-10-18-19(14-17)25-20(22-18)13-15-5-7-16(21)8-6-15/h5-10,14H,3-4,11-13H2,1-2H3. The van der Waals surface area contributed by atoms with Gasteiger partial charge in [-0.25, -0.2) is 9.37 Å². The summed E-state index contributed by atoms with van der Waals surface area (Å²) < 4.78 is 20.0. The number of aromatic nitrogens is 1. The average Bonchev–Trinajstić information content (AvgIpc) is 3.02. The maximum Gasteiger partial charge on any atom is 0.123 e. The van der Waals surface area contributed by atoms with Gasteiger partial charge in [-0.1, -0.05) is 26.0 Å². The van der Waals surface area contributed by atoms with Crippen molar-refractivity contribution in [3.05, 3.63) is 58.9 Å². The first-order valence-electron chi connectivity index (χ1n) is 8.67. The predicted molar refractivity (Wildman–Crippen MR) is 102 cm³/mol. The fourth-order valence-electron chi connectivity index (χ4n) is 2.73. The third kappa shape index (κ3) is 4.77. The van der Waals surface area contributed by atoms with Crippen LogP contribution in [0.5, 0.6) is 5.75 Å². The molecular formula is C20H23FN2OS. The minimum atomic E-state index is -0.209. The van der Waals surface area contributed by atoms with Crippen LogP contribution in [0.15, 0.2) is 42.5 Å². The molecule has 0 atom stereocenters. The number of hydrogen-bond acceptors (Lipinski definition) is 4. The van der Waals surface area contributed by atoms with Crippen molar-refractivity contribution in [2.75, 3.05) is 26.2 Å². The second-order valence-electron chi connectivity index (χ2n) is 5.92. The molecule has 1 heterocycles. The van der Waals surface area contributed by atoms with Crippen molar-refractivity contribution in [2.24, 2.45) is 0 Å². The number of hydrogen-bond donors (Lipinski definition) is 0. The molecule has 3 aromatic rings. The highest BCUT2D eigenvalue weighted by molar-refractivity contribution is 7.18. The van der Waals surface area contributed by atoms with E-state index in [1.807, 2.05) is 24.3 Å². The van der Waals surface area contributed by atoms with Gasteiger partial charge in [-0.2, -0.15) is 0 Å². The summed E-state index contributed by atoms with van der Waals surface area (Å²) in [6, 6.07) is 12.6. The molecule has 0 aliphatic heterocycles. The second kappa shape index (κ2) is 8.41. The zero-order valence-corrected chi connectivity index (χ0v) is 15.5. The number of thiazole rings is 1. The van der Waals surface area contributed by atoms with Crippen LogP contribution in [0.3, 0.4) is 0 Å². The minimum Gasteiger partial charge on any atom is -0.492 e. The molecule has 0 unspecified atom stereocenters. The molecule has 0 spiro atoms. The summed E-state index contributed by atoms with van der Waals surface area (Å²) in [6.07, 6.45) is 0.720. The number of rotatable bonds is 8. The topological polar surface area (TPSA) is 25.4 Å². The fourth-order valence-corrected chi connectivity index (χ4v) is 3.76. The van der Waals surface area contributed by atoms with Gasteiger partial charge in [0.25, 0.3) is 0 Å². The number of nitrogens with zero attached hydrogens (tertiary/aromatic N) is 2. The molecule has 0 fully saturated rings. The number of ether oxygens (including phenoxy) is 1. The molecule has 2 aromatic carbocycles. The van der Waals surface area contributed by atoms with Gasteiger partial charge in [-0.3, -0.25) is 0 Å². The Morgan fingerprint density at radius 3 is 2.56 bits per heavy atom. The molecule has 0 aliphatic rings. The number of benzene rings is 2. The van der Waals surface area contributed by atoms with Gasteiger partial charge >= 0.3 is 0 Å². The lowest BCUT2D eigenvalue weighted by Crippen LogP contribution is -2.27. The molecule has 25 heavy (non-hydrogen) atoms. The Hall–Kier alpha value is -1.98. The first-order chi connectivity index (χ1) is 12.2. The molecular weight excluding hydrogens is 335 g/mol. The Kier molecular flexibility index (Phi) is 6.00. The summed E-state index contributed by atoms with van der Waals surface area (Å²) in [5, 5.41) is 1.03. The van der Waals surface area contributed by atoms with Crippen LogP contribution in [-0.2, 0) is 6.42 Å². The highest BCUT2D eigenvalue weighted by Gasteiger charge is 2.07. The van der Waals surface area contributed by atoms with E-state index >= 15 is 0 Å². The van der Waals surface area contributed by atoms with Gasteiger partial charge in [0, 0.05) is 13.0 Å². The van der Waals surface area contributed by atoms with E-state index in [1.165, 1.54) is 12.1 Å². The van der Waals surface area contributed by atoms with Gasteiger partial charge in [0.2, 0.25) is 0 Å². The Morgan fingerprint density at radius 1 is 1.08 bits per heavy atom. The van der Waals surface area contributed by atoms with Gasteiger partial charge in [0.1, 0.15) is 18.2 Å². The van der Waals surface area contributed by atoms with E-state index in [0.29, 0.717) is 6.61 Å². The van der Waals surface area contributed by atoms with Crippen LogP contribution in [0, 0.1) is 5.82 Å². The van der Waals surface area contributed by atoms with Crippen LogP contribution >= 0.6 is 11.3 Å². The second-order valence-corrected chi connectivity index (χ2v) is 7.03. The van der Waals surface area contributed by atoms with Crippen molar-refractivity contribution in [3.63, 3.8) is 0 Å². The maximum absolute atomic E-state index is 13.0. The van der Waals surface area contributed by atoms with Gasteiger partial charge in [0.05, 0.1) is 15.2 Å². The van der Waals surface area contributed by atoms with Crippen molar-refractivity contribution in [3.8, 4) is 5.75 Å². The summed E-state index contributed by atoms with van der Waals surface area (Å²) >= 11 is 1.66. The highest BCUT2D eigenvalue weighted by Crippen LogP contribution is 2.27. The lowest BCUT2D eigenvalue weighted by molar-refractivity contribution is 0.223. The third-order valence-electron chi connectivity index (χ3n) is 4.24. The molecule has 0 bridgehead atoms. The van der Waals surface area contributed by atoms with Crippen LogP contribution in [0.2, 0.25) is 0 Å². The highest BCUT2D eigenvalue weighted by atomic mass is 32.1. The largest absolute Gasteiger partial charge is 0.492 e. The Labute approximate surface area is 152 Å². The summed E-state index contributed by atoms with van der Waals surface area (Å²) in [5.41, 5.74) is 2.05. The zero-order valence-electron chi connectivity index (χ0n) is 14.7. The summed E-state index contributed by atoms with van der Waals surface area (Å²) in [7, 11) is 0. The quantitative estimate of drug-likeness (QED) is 0.581. The van der Waals surface area contributed by atoms with Crippen molar-refractivity contribution in [1.82, 2.24) is 9.88 Å². The van der Waals surface area contributed by atoms with Crippen molar-refractivity contribution >= 4 is 21.6 Å². The number of likely N-dealkylation sites (N-methyl/N-ethyl adjacent to an activating group) is 1. The van der Waals surface area contributed by atoms with Gasteiger partial charge in [-0.15, -0.1) is 11.3 Å². The van der Waals surface area contributed by atoms with Gasteiger partial charge in [0.15, 0.2) is 0 Å². The SMILES string of the molecule is CCN(CC)CCOc1ccc2nc(Cc3ccc(F)cc3)sc2c1. The van der Waals surface area contributed by atoms with E-state index < -0.39 is 0 Å². The van der Waals surface area contributed by atoms with E-state index in [2.05, 4.69) is 29.8 Å². The smallest absolute Gasteiger partial charge is 0.123 e. The molecule has 0 amide bonds. The van der Waals surface area contributed by atoms with Crippen molar-refractivity contribution in [1.29, 1.82) is 0 Å². The predicted octanol–water partition coefficient (Wildman–Crippen LogP) is 4.75. The average molecular weight is 358 g/mol. The molecule has 1 aromatic heterocycles. The van der Waals surface area contributed by atoms with E-state index in [-0.39, 0.29) is 5.82 Å². The van der Waals surface area contributed by atoms with E-state index in [0.717, 1.165) is 52.6 Å². The lowest BCUT2D eigenvalue weighted by Gasteiger charge is -2.17. The van der Waals surface area contributed by atoms with Gasteiger partial charge < -0.3 is 9.64 Å². The molecule has 0 N–H and O–H groups in total. The first-order valence-corrected chi connectivity index (χ1v) is 9.48. The number of fused-ring (bicyclic) bond motifs is 1. The molecule has 3 rings (SSSR count). The third-order valence-corrected chi connectivity index (χ3v) is 5.26. The van der Waals surface area contributed by atoms with Crippen LogP contribution in [-0.4, -0.2) is 36.1 Å². The molecule has 132 valence electrons. The normalized spacial score (nSPS) is 11.4. The number of halogens is 1. The van der Waals surface area contributed by atoms with Crippen LogP contribution in [0.1, 0.15) is 24.4 Å². The van der Waals surface area contributed by atoms with Crippen LogP contribution in [0.25, 0.3) is 10.2 Å². The summed E-state index contributed by atoms with van der Waals surface area (Å²) in [5.74, 6) is 0.677. The van der Waals surface area contributed by atoms with Gasteiger partial charge in [-0.05, 0) is 49.0 Å². The van der Waals surface area contributed by atoms with E-state index in [9.17, 15) is 4.39 Å². The molecule has 3 nitrogen and oxygen atoms in total. The van der Waals surface area contributed by atoms with Crippen molar-refractivity contribution in [2.45, 2.75) is 20.3 Å². The molecule has 0 saturated heterocycles. The molecule has 0 aliphatic carbocycles. The van der Waals surface area contributed by atoms with Crippen molar-refractivity contribution < 1.29 is 9.13 Å². The zero-order chi connectivity index (χ0) is 17.6.